The fourth-order valence-corrected chi connectivity index (χ4v) is 5.03. The van der Waals surface area contributed by atoms with Crippen molar-refractivity contribution in [2.75, 3.05) is 13.7 Å². The van der Waals surface area contributed by atoms with Gasteiger partial charge in [0.1, 0.15) is 17.3 Å². The lowest BCUT2D eigenvalue weighted by Gasteiger charge is -2.25. The summed E-state index contributed by atoms with van der Waals surface area (Å²) in [6.45, 7) is 0.475. The van der Waals surface area contributed by atoms with Crippen molar-refractivity contribution in [3.63, 3.8) is 0 Å². The van der Waals surface area contributed by atoms with Crippen LogP contribution < -0.4 is 10.5 Å². The molecule has 1 fully saturated rings. The average molecular weight is 522 g/mol. The molecule has 0 saturated heterocycles. The molecule has 1 amide bonds. The zero-order chi connectivity index (χ0) is 26.1. The van der Waals surface area contributed by atoms with Gasteiger partial charge in [-0.05, 0) is 84.3 Å². The van der Waals surface area contributed by atoms with Crippen LogP contribution in [-0.2, 0) is 24.2 Å². The minimum absolute atomic E-state index is 0.172. The van der Waals surface area contributed by atoms with Gasteiger partial charge in [-0.1, -0.05) is 12.1 Å². The number of nitrogens with two attached hydrogens (primary N) is 1. The van der Waals surface area contributed by atoms with Crippen LogP contribution in [0.25, 0.3) is 16.8 Å². The zero-order valence-electron chi connectivity index (χ0n) is 20.2. The molecular weight excluding hydrogens is 495 g/mol. The molecule has 10 heteroatoms. The Balaban J connectivity index is 1.49. The van der Waals surface area contributed by atoms with Crippen molar-refractivity contribution in [2.45, 2.75) is 31.7 Å². The highest BCUT2D eigenvalue weighted by Crippen LogP contribution is 2.43. The van der Waals surface area contributed by atoms with Gasteiger partial charge in [0.25, 0.3) is 5.91 Å². The van der Waals surface area contributed by atoms with Gasteiger partial charge in [-0.2, -0.15) is 5.10 Å². The van der Waals surface area contributed by atoms with Crippen LogP contribution in [0.15, 0.2) is 60.8 Å². The molecular formula is C27H26FN4O4S-. The van der Waals surface area contributed by atoms with E-state index in [0.717, 1.165) is 35.3 Å². The van der Waals surface area contributed by atoms with E-state index in [4.69, 9.17) is 10.5 Å². The lowest BCUT2D eigenvalue weighted by atomic mass is 10.0. The number of nitrogens with zero attached hydrogens (tertiary/aromatic N) is 3. The minimum Gasteiger partial charge on any atom is -0.760 e. The second-order valence-corrected chi connectivity index (χ2v) is 10.1. The Morgan fingerprint density at radius 1 is 1.22 bits per heavy atom. The highest BCUT2D eigenvalue weighted by Gasteiger charge is 2.29. The summed E-state index contributed by atoms with van der Waals surface area (Å²) in [5.74, 6) is -0.00393. The maximum atomic E-state index is 13.5. The maximum absolute atomic E-state index is 13.5. The second-order valence-electron chi connectivity index (χ2n) is 9.13. The van der Waals surface area contributed by atoms with Crippen LogP contribution in [0.5, 0.6) is 5.75 Å². The molecule has 8 nitrogen and oxygen atoms in total. The summed E-state index contributed by atoms with van der Waals surface area (Å²) in [4.78, 5) is 12.4. The number of rotatable bonds is 10. The number of carbonyl (C=O) groups is 1. The van der Waals surface area contributed by atoms with Crippen molar-refractivity contribution in [3.05, 3.63) is 88.9 Å². The van der Waals surface area contributed by atoms with E-state index in [9.17, 15) is 17.9 Å². The Kier molecular flexibility index (Phi) is 7.05. The summed E-state index contributed by atoms with van der Waals surface area (Å²) in [6, 6.07) is 15.1. The molecule has 2 aromatic heterocycles. The predicted molar refractivity (Wildman–Crippen MR) is 137 cm³/mol. The van der Waals surface area contributed by atoms with Crippen LogP contribution in [0.4, 0.5) is 4.39 Å². The molecule has 1 unspecified atom stereocenters. The van der Waals surface area contributed by atoms with E-state index in [0.29, 0.717) is 29.7 Å². The third-order valence-electron chi connectivity index (χ3n) is 6.64. The van der Waals surface area contributed by atoms with E-state index in [1.54, 1.807) is 30.0 Å². The van der Waals surface area contributed by atoms with Crippen molar-refractivity contribution in [3.8, 4) is 17.0 Å². The number of fused-ring (bicyclic) bond motifs is 1. The third-order valence-corrected chi connectivity index (χ3v) is 7.37. The number of hydrogen-bond donors (Lipinski definition) is 1. The zero-order valence-corrected chi connectivity index (χ0v) is 21.0. The number of methoxy groups -OCH3 is 1. The number of aromatic nitrogens is 2. The molecule has 37 heavy (non-hydrogen) atoms. The summed E-state index contributed by atoms with van der Waals surface area (Å²) in [5, 5.41) is 4.59. The largest absolute Gasteiger partial charge is 0.760 e. The number of hydrogen-bond acceptors (Lipinski definition) is 5. The van der Waals surface area contributed by atoms with Gasteiger partial charge in [-0.25, -0.2) is 13.2 Å². The molecule has 192 valence electrons. The van der Waals surface area contributed by atoms with Crippen molar-refractivity contribution in [1.29, 1.82) is 0 Å². The van der Waals surface area contributed by atoms with Gasteiger partial charge < -0.3 is 15.0 Å². The Morgan fingerprint density at radius 2 is 1.92 bits per heavy atom. The standard InChI is InChI=1S/C27H27FN4O4S/c1-36-22-10-2-17(3-11-22)12-13-31(37(34)35)15-20-16-32-24(14-23(20)18-4-5-18)25(27(29)33)26(30-32)19-6-8-21(28)9-7-19/h2-3,6-11,14,16,18H,4-5,12-13,15H2,1H3,(H2,29,33)(H,34,35)/p-1. The number of ether oxygens (including phenoxy) is 1. The molecule has 4 aromatic rings. The monoisotopic (exact) mass is 521 g/mol. The molecule has 1 atom stereocenters. The number of benzene rings is 2. The van der Waals surface area contributed by atoms with Gasteiger partial charge in [0, 0.05) is 36.1 Å². The van der Waals surface area contributed by atoms with Crippen LogP contribution in [-0.4, -0.2) is 42.2 Å². The van der Waals surface area contributed by atoms with Crippen molar-refractivity contribution in [1.82, 2.24) is 13.9 Å². The highest BCUT2D eigenvalue weighted by atomic mass is 32.2. The van der Waals surface area contributed by atoms with Crippen LogP contribution in [0.2, 0.25) is 0 Å². The number of pyridine rings is 1. The topological polar surface area (TPSA) is 113 Å². The normalized spacial score (nSPS) is 14.3. The lowest BCUT2D eigenvalue weighted by molar-refractivity contribution is 0.100. The minimum atomic E-state index is -2.44. The molecule has 2 heterocycles. The first-order chi connectivity index (χ1) is 17.8. The molecule has 2 aromatic carbocycles. The first-order valence-corrected chi connectivity index (χ1v) is 13.0. The third kappa shape index (κ3) is 5.41. The number of primary amides is 1. The summed E-state index contributed by atoms with van der Waals surface area (Å²) < 4.78 is 45.9. The predicted octanol–water partition coefficient (Wildman–Crippen LogP) is 3.96. The fraction of sp³-hybridized carbons (Fsp3) is 0.259. The first-order valence-electron chi connectivity index (χ1n) is 11.9. The summed E-state index contributed by atoms with van der Waals surface area (Å²) >= 11 is -2.44. The van der Waals surface area contributed by atoms with E-state index in [2.05, 4.69) is 5.10 Å². The number of halogens is 1. The second kappa shape index (κ2) is 10.4. The number of carbonyl (C=O) groups excluding carboxylic acids is 1. The van der Waals surface area contributed by atoms with Crippen molar-refractivity contribution < 1.29 is 22.7 Å². The van der Waals surface area contributed by atoms with E-state index in [1.165, 1.54) is 16.4 Å². The summed E-state index contributed by atoms with van der Waals surface area (Å²) in [7, 11) is 1.60. The molecule has 1 aliphatic rings. The van der Waals surface area contributed by atoms with E-state index in [1.807, 2.05) is 30.3 Å². The van der Waals surface area contributed by atoms with Crippen LogP contribution in [0, 0.1) is 5.82 Å². The van der Waals surface area contributed by atoms with E-state index >= 15 is 0 Å². The molecule has 0 radical (unpaired) electrons. The molecule has 0 aliphatic heterocycles. The Morgan fingerprint density at radius 3 is 2.51 bits per heavy atom. The van der Waals surface area contributed by atoms with E-state index < -0.39 is 23.0 Å². The first kappa shape index (κ1) is 25.1. The fourth-order valence-electron chi connectivity index (χ4n) is 4.55. The Bertz CT molecular complexity index is 1470. The molecule has 2 N–H and O–H groups in total. The van der Waals surface area contributed by atoms with E-state index in [-0.39, 0.29) is 18.0 Å². The summed E-state index contributed by atoms with van der Waals surface area (Å²) in [6.07, 6.45) is 4.29. The van der Waals surface area contributed by atoms with Crippen molar-refractivity contribution >= 4 is 22.7 Å². The summed E-state index contributed by atoms with van der Waals surface area (Å²) in [5.41, 5.74) is 10.3. The molecule has 5 rings (SSSR count). The molecule has 1 aliphatic carbocycles. The van der Waals surface area contributed by atoms with Gasteiger partial charge in [-0.3, -0.25) is 9.00 Å². The van der Waals surface area contributed by atoms with Crippen LogP contribution in [0.3, 0.4) is 0 Å². The van der Waals surface area contributed by atoms with Crippen LogP contribution >= 0.6 is 0 Å². The highest BCUT2D eigenvalue weighted by molar-refractivity contribution is 7.76. The maximum Gasteiger partial charge on any atom is 0.253 e. The molecule has 1 saturated carbocycles. The van der Waals surface area contributed by atoms with Gasteiger partial charge in [-0.15, -0.1) is 0 Å². The van der Waals surface area contributed by atoms with Crippen molar-refractivity contribution in [2.24, 2.45) is 5.73 Å². The molecule has 0 spiro atoms. The lowest BCUT2D eigenvalue weighted by Crippen LogP contribution is -2.28. The quantitative estimate of drug-likeness (QED) is 0.318. The number of amides is 1. The Labute approximate surface area is 216 Å². The van der Waals surface area contributed by atoms with Gasteiger partial charge >= 0.3 is 0 Å². The Hall–Kier alpha value is -3.60. The van der Waals surface area contributed by atoms with Gasteiger partial charge in [0.15, 0.2) is 0 Å². The average Bonchev–Trinajstić information content (AvgIpc) is 3.66. The SMILES string of the molecule is COc1ccc(CCN(Cc2cn3nc(-c4ccc(F)cc4)c(C(N)=O)c3cc2C2CC2)S(=O)[O-])cc1. The molecule has 0 bridgehead atoms. The smallest absolute Gasteiger partial charge is 0.253 e. The van der Waals surface area contributed by atoms with Gasteiger partial charge in [0.05, 0.1) is 18.2 Å². The van der Waals surface area contributed by atoms with Crippen LogP contribution in [0.1, 0.15) is 45.8 Å². The van der Waals surface area contributed by atoms with Gasteiger partial charge in [0.2, 0.25) is 0 Å².